The van der Waals surface area contributed by atoms with E-state index in [4.69, 9.17) is 9.47 Å². The molecule has 1 heterocycles. The van der Waals surface area contributed by atoms with E-state index in [2.05, 4.69) is 5.32 Å². The molecule has 2 aliphatic rings. The molecule has 1 aliphatic carbocycles. The first kappa shape index (κ1) is 19.8. The fourth-order valence-corrected chi connectivity index (χ4v) is 6.07. The number of nitrogens with one attached hydrogen (secondary N) is 1. The molecule has 0 atom stereocenters. The Hall–Kier alpha value is -1.96. The second-order valence-corrected chi connectivity index (χ2v) is 9.74. The number of ether oxygens (including phenoxy) is 2. The molecule has 0 spiro atoms. The number of benzene rings is 1. The van der Waals surface area contributed by atoms with E-state index in [0.717, 1.165) is 37.7 Å². The van der Waals surface area contributed by atoms with Crippen LogP contribution in [-0.4, -0.2) is 57.2 Å². The summed E-state index contributed by atoms with van der Waals surface area (Å²) in [5.41, 5.74) is 0.882. The molecule has 2 fully saturated rings. The second-order valence-electron chi connectivity index (χ2n) is 7.22. The Morgan fingerprint density at radius 1 is 1.07 bits per heavy atom. The molecule has 1 aliphatic heterocycles. The van der Waals surface area contributed by atoms with Crippen LogP contribution in [0.1, 0.15) is 37.7 Å². The molecule has 8 heteroatoms. The van der Waals surface area contributed by atoms with Crippen molar-refractivity contribution < 1.29 is 22.7 Å². The molecule has 7 nitrogen and oxygen atoms in total. The lowest BCUT2D eigenvalue weighted by molar-refractivity contribution is 0.168. The zero-order chi connectivity index (χ0) is 19.4. The first-order chi connectivity index (χ1) is 13.0. The van der Waals surface area contributed by atoms with E-state index >= 15 is 0 Å². The Kier molecular flexibility index (Phi) is 6.14. The maximum Gasteiger partial charge on any atom is 0.317 e. The summed E-state index contributed by atoms with van der Waals surface area (Å²) >= 11 is 0. The SMILES string of the molecule is COc1ccc(CNC(=O)N2CC(S(=O)(=O)C3CCCCC3)C2)cc1OC. The lowest BCUT2D eigenvalue weighted by atomic mass is 10.0. The predicted molar refractivity (Wildman–Crippen MR) is 103 cm³/mol. The molecule has 2 amide bonds. The molecule has 27 heavy (non-hydrogen) atoms. The summed E-state index contributed by atoms with van der Waals surface area (Å²) in [5, 5.41) is 2.21. The van der Waals surface area contributed by atoms with Crippen molar-refractivity contribution in [2.75, 3.05) is 27.3 Å². The van der Waals surface area contributed by atoms with Crippen LogP contribution in [0, 0.1) is 0 Å². The molecule has 0 bridgehead atoms. The summed E-state index contributed by atoms with van der Waals surface area (Å²) in [6, 6.07) is 5.22. The van der Waals surface area contributed by atoms with Crippen molar-refractivity contribution in [3.63, 3.8) is 0 Å². The Morgan fingerprint density at radius 2 is 1.74 bits per heavy atom. The largest absolute Gasteiger partial charge is 0.493 e. The number of carbonyl (C=O) groups is 1. The van der Waals surface area contributed by atoms with Crippen LogP contribution in [0.3, 0.4) is 0 Å². The van der Waals surface area contributed by atoms with Crippen molar-refractivity contribution >= 4 is 15.9 Å². The Bertz CT molecular complexity index is 768. The fraction of sp³-hybridized carbons (Fsp3) is 0.632. The van der Waals surface area contributed by atoms with E-state index in [-0.39, 0.29) is 24.4 Å². The van der Waals surface area contributed by atoms with Crippen LogP contribution in [0.15, 0.2) is 18.2 Å². The summed E-state index contributed by atoms with van der Waals surface area (Å²) in [5.74, 6) is 1.23. The van der Waals surface area contributed by atoms with Crippen molar-refractivity contribution in [2.45, 2.75) is 49.1 Å². The van der Waals surface area contributed by atoms with E-state index in [1.807, 2.05) is 12.1 Å². The molecule has 1 N–H and O–H groups in total. The van der Waals surface area contributed by atoms with Gasteiger partial charge in [-0.2, -0.15) is 0 Å². The predicted octanol–water partition coefficient (Wildman–Crippen LogP) is 2.35. The molecule has 1 saturated carbocycles. The normalized spacial score (nSPS) is 18.7. The Balaban J connectivity index is 1.49. The number of amides is 2. The van der Waals surface area contributed by atoms with Gasteiger partial charge in [-0.05, 0) is 30.5 Å². The first-order valence-electron chi connectivity index (χ1n) is 9.42. The van der Waals surface area contributed by atoms with Crippen molar-refractivity contribution in [1.82, 2.24) is 10.2 Å². The lowest BCUT2D eigenvalue weighted by Crippen LogP contribution is -2.60. The highest BCUT2D eigenvalue weighted by molar-refractivity contribution is 7.92. The molecule has 150 valence electrons. The van der Waals surface area contributed by atoms with E-state index < -0.39 is 15.1 Å². The van der Waals surface area contributed by atoms with Gasteiger partial charge in [0.25, 0.3) is 0 Å². The number of hydrogen-bond acceptors (Lipinski definition) is 5. The monoisotopic (exact) mass is 396 g/mol. The van der Waals surface area contributed by atoms with Gasteiger partial charge in [-0.1, -0.05) is 25.3 Å². The van der Waals surface area contributed by atoms with Crippen LogP contribution in [0.5, 0.6) is 11.5 Å². The third kappa shape index (κ3) is 4.31. The van der Waals surface area contributed by atoms with Crippen LogP contribution in [0.4, 0.5) is 4.79 Å². The molecule has 1 aromatic carbocycles. The van der Waals surface area contributed by atoms with Crippen molar-refractivity contribution in [1.29, 1.82) is 0 Å². The average Bonchev–Trinajstić information content (AvgIpc) is 2.65. The van der Waals surface area contributed by atoms with Crippen molar-refractivity contribution in [3.05, 3.63) is 23.8 Å². The summed E-state index contributed by atoms with van der Waals surface area (Å²) in [4.78, 5) is 13.9. The standard InChI is InChI=1S/C19H28N2O5S/c1-25-17-9-8-14(10-18(17)26-2)11-20-19(22)21-12-16(13-21)27(23,24)15-6-4-3-5-7-15/h8-10,15-16H,3-7,11-13H2,1-2H3,(H,20,22). The molecular weight excluding hydrogens is 368 g/mol. The van der Waals surface area contributed by atoms with Gasteiger partial charge >= 0.3 is 6.03 Å². The summed E-state index contributed by atoms with van der Waals surface area (Å²) in [6.45, 7) is 0.920. The van der Waals surface area contributed by atoms with E-state index in [9.17, 15) is 13.2 Å². The number of hydrogen-bond donors (Lipinski definition) is 1. The number of nitrogens with zero attached hydrogens (tertiary/aromatic N) is 1. The molecule has 3 rings (SSSR count). The Labute approximate surface area is 160 Å². The van der Waals surface area contributed by atoms with Gasteiger partial charge in [0.2, 0.25) is 0 Å². The zero-order valence-corrected chi connectivity index (χ0v) is 16.8. The zero-order valence-electron chi connectivity index (χ0n) is 15.9. The van der Waals surface area contributed by atoms with Gasteiger partial charge in [-0.15, -0.1) is 0 Å². The minimum Gasteiger partial charge on any atom is -0.493 e. The van der Waals surface area contributed by atoms with Crippen LogP contribution in [0.2, 0.25) is 0 Å². The summed E-state index contributed by atoms with van der Waals surface area (Å²) < 4.78 is 35.8. The maximum absolute atomic E-state index is 12.7. The van der Waals surface area contributed by atoms with Crippen LogP contribution in [0.25, 0.3) is 0 Å². The minimum atomic E-state index is -3.13. The number of carbonyl (C=O) groups excluding carboxylic acids is 1. The number of urea groups is 1. The smallest absolute Gasteiger partial charge is 0.317 e. The molecular formula is C19H28N2O5S. The highest BCUT2D eigenvalue weighted by atomic mass is 32.2. The lowest BCUT2D eigenvalue weighted by Gasteiger charge is -2.40. The van der Waals surface area contributed by atoms with Gasteiger partial charge in [0.05, 0.1) is 24.7 Å². The second kappa shape index (κ2) is 8.37. The fourth-order valence-electron chi connectivity index (χ4n) is 3.76. The summed E-state index contributed by atoms with van der Waals surface area (Å²) in [7, 11) is 0.00544. The minimum absolute atomic E-state index is 0.215. The average molecular weight is 397 g/mol. The van der Waals surface area contributed by atoms with Gasteiger partial charge in [0, 0.05) is 19.6 Å². The number of sulfone groups is 1. The molecule has 0 radical (unpaired) electrons. The van der Waals surface area contributed by atoms with E-state index in [1.165, 1.54) is 0 Å². The van der Waals surface area contributed by atoms with Gasteiger partial charge in [0.15, 0.2) is 21.3 Å². The molecule has 0 unspecified atom stereocenters. The third-order valence-electron chi connectivity index (χ3n) is 5.51. The highest BCUT2D eigenvalue weighted by Crippen LogP contribution is 2.30. The number of methoxy groups -OCH3 is 2. The highest BCUT2D eigenvalue weighted by Gasteiger charge is 2.43. The molecule has 1 saturated heterocycles. The van der Waals surface area contributed by atoms with E-state index in [1.54, 1.807) is 25.2 Å². The van der Waals surface area contributed by atoms with E-state index in [0.29, 0.717) is 18.0 Å². The number of rotatable bonds is 6. The van der Waals surface area contributed by atoms with Gasteiger partial charge < -0.3 is 19.7 Å². The number of likely N-dealkylation sites (tertiary alicyclic amines) is 1. The topological polar surface area (TPSA) is 84.9 Å². The maximum atomic E-state index is 12.7. The van der Waals surface area contributed by atoms with Crippen molar-refractivity contribution in [2.24, 2.45) is 0 Å². The Morgan fingerprint density at radius 3 is 2.37 bits per heavy atom. The van der Waals surface area contributed by atoms with Crippen LogP contribution < -0.4 is 14.8 Å². The molecule has 1 aromatic rings. The third-order valence-corrected chi connectivity index (χ3v) is 8.14. The first-order valence-corrected chi connectivity index (χ1v) is 11.0. The van der Waals surface area contributed by atoms with Crippen molar-refractivity contribution in [3.8, 4) is 11.5 Å². The molecule has 0 aromatic heterocycles. The van der Waals surface area contributed by atoms with Gasteiger partial charge in [-0.3, -0.25) is 0 Å². The quantitative estimate of drug-likeness (QED) is 0.798. The van der Waals surface area contributed by atoms with Gasteiger partial charge in [0.1, 0.15) is 0 Å². The van der Waals surface area contributed by atoms with Gasteiger partial charge in [-0.25, -0.2) is 13.2 Å². The van der Waals surface area contributed by atoms with Crippen LogP contribution >= 0.6 is 0 Å². The van der Waals surface area contributed by atoms with Crippen LogP contribution in [-0.2, 0) is 16.4 Å². The summed E-state index contributed by atoms with van der Waals surface area (Å²) in [6.07, 6.45) is 4.65.